The molecule has 246 valence electrons. The van der Waals surface area contributed by atoms with Crippen LogP contribution in [0.2, 0.25) is 0 Å². The summed E-state index contributed by atoms with van der Waals surface area (Å²) in [4.78, 5) is 11.2. The number of nitrogens with zero attached hydrogens (tertiary/aromatic N) is 1. The molecule has 0 aliphatic rings. The summed E-state index contributed by atoms with van der Waals surface area (Å²) < 4.78 is 278. The molecule has 0 saturated heterocycles. The van der Waals surface area contributed by atoms with E-state index in [0.717, 1.165) is 14.1 Å². The van der Waals surface area contributed by atoms with Gasteiger partial charge in [-0.15, -0.1) is 0 Å². The third-order valence-corrected chi connectivity index (χ3v) is 4.96. The van der Waals surface area contributed by atoms with Gasteiger partial charge in [-0.3, -0.25) is 4.79 Å². The Bertz CT molecular complexity index is 950. The Kier molecular flexibility index (Phi) is 9.76. The molecule has 0 aliphatic carbocycles. The predicted molar refractivity (Wildman–Crippen MR) is 87.0 cm³/mol. The normalized spacial score (nSPS) is 16.2. The summed E-state index contributed by atoms with van der Waals surface area (Å²) in [6.07, 6.45) is -8.74. The van der Waals surface area contributed by atoms with E-state index >= 15 is 0 Å². The van der Waals surface area contributed by atoms with Crippen molar-refractivity contribution in [2.24, 2.45) is 0 Å². The first-order valence-corrected chi connectivity index (χ1v) is 9.69. The van der Waals surface area contributed by atoms with E-state index in [1.165, 1.54) is 0 Å². The predicted octanol–water partition coefficient (Wildman–Crippen LogP) is 6.24. The number of alkyl halides is 21. The van der Waals surface area contributed by atoms with Crippen LogP contribution in [0.25, 0.3) is 0 Å². The zero-order valence-corrected chi connectivity index (χ0v) is 19.4. The number of quaternary nitrogens is 1. The third-order valence-electron chi connectivity index (χ3n) is 4.96. The fourth-order valence-electron chi connectivity index (χ4n) is 2.48. The highest BCUT2D eigenvalue weighted by Crippen LogP contribution is 2.66. The molecule has 0 radical (unpaired) electrons. The minimum Gasteiger partial charge on any atom is -0.350 e. The van der Waals surface area contributed by atoms with E-state index in [4.69, 9.17) is 0 Å². The van der Waals surface area contributed by atoms with Crippen LogP contribution in [0, 0.1) is 0 Å². The SMILES string of the molecule is C[N+](C)(O)CCCNC(=O)C(F)(F)C(F)(F)C(F)(F)C(F)(F)C(F)(F)C(F)(F)C(F)(F)C(F)(F)C(F)(F)C(F)(F)F. The summed E-state index contributed by atoms with van der Waals surface area (Å²) in [6, 6.07) is 0. The molecule has 0 aromatic heterocycles. The summed E-state index contributed by atoms with van der Waals surface area (Å²) in [5.41, 5.74) is 0. The van der Waals surface area contributed by atoms with E-state index < -0.39 is 89.5 Å². The molecule has 4 nitrogen and oxygen atoms in total. The molecule has 0 bridgehead atoms. The molecular formula is C16H14F21N2O2+. The highest BCUT2D eigenvalue weighted by atomic mass is 19.4. The van der Waals surface area contributed by atoms with Gasteiger partial charge in [0.2, 0.25) is 0 Å². The first-order valence-electron chi connectivity index (χ1n) is 9.69. The second-order valence-electron chi connectivity index (χ2n) is 8.62. The van der Waals surface area contributed by atoms with Gasteiger partial charge in [0.05, 0.1) is 14.1 Å². The van der Waals surface area contributed by atoms with Crippen molar-refractivity contribution in [1.29, 1.82) is 0 Å². The number of carbonyl (C=O) groups is 1. The number of halogens is 21. The van der Waals surface area contributed by atoms with E-state index in [9.17, 15) is 102 Å². The van der Waals surface area contributed by atoms with Gasteiger partial charge in [-0.05, 0) is 0 Å². The second kappa shape index (κ2) is 10.3. The molecule has 0 spiro atoms. The van der Waals surface area contributed by atoms with Crippen molar-refractivity contribution >= 4 is 5.91 Å². The third kappa shape index (κ3) is 5.67. The fourth-order valence-corrected chi connectivity index (χ4v) is 2.48. The van der Waals surface area contributed by atoms with Gasteiger partial charge in [0.1, 0.15) is 6.54 Å². The van der Waals surface area contributed by atoms with Gasteiger partial charge in [-0.1, -0.05) is 0 Å². The summed E-state index contributed by atoms with van der Waals surface area (Å²) >= 11 is 0. The van der Waals surface area contributed by atoms with E-state index in [1.807, 2.05) is 0 Å². The van der Waals surface area contributed by atoms with Crippen LogP contribution in [-0.4, -0.2) is 102 Å². The number of hydroxylamine groups is 3. The molecule has 0 fully saturated rings. The van der Waals surface area contributed by atoms with Crippen LogP contribution in [0.3, 0.4) is 0 Å². The Balaban J connectivity index is 6.74. The van der Waals surface area contributed by atoms with Gasteiger partial charge < -0.3 is 5.32 Å². The van der Waals surface area contributed by atoms with E-state index in [-0.39, 0.29) is 0 Å². The lowest BCUT2D eigenvalue weighted by atomic mass is 9.86. The maximum atomic E-state index is 13.8. The smallest absolute Gasteiger partial charge is 0.350 e. The molecule has 0 atom stereocenters. The minimum atomic E-state index is -9.27. The Morgan fingerprint density at radius 2 is 0.805 bits per heavy atom. The van der Waals surface area contributed by atoms with E-state index in [1.54, 1.807) is 0 Å². The van der Waals surface area contributed by atoms with Crippen molar-refractivity contribution < 1.29 is 107 Å². The lowest BCUT2D eigenvalue weighted by Crippen LogP contribution is -2.77. The lowest BCUT2D eigenvalue weighted by molar-refractivity contribution is -1.07. The molecule has 0 heterocycles. The van der Waals surface area contributed by atoms with Crippen molar-refractivity contribution in [2.75, 3.05) is 27.2 Å². The van der Waals surface area contributed by atoms with Crippen molar-refractivity contribution in [1.82, 2.24) is 5.32 Å². The number of hydrogen-bond donors (Lipinski definition) is 2. The Hall–Kier alpha value is -2.08. The van der Waals surface area contributed by atoms with Gasteiger partial charge in [-0.2, -0.15) is 96.8 Å². The molecule has 1 amide bonds. The number of rotatable bonds is 13. The highest BCUT2D eigenvalue weighted by Gasteiger charge is 2.98. The van der Waals surface area contributed by atoms with E-state index in [2.05, 4.69) is 0 Å². The van der Waals surface area contributed by atoms with Crippen LogP contribution in [-0.2, 0) is 4.79 Å². The average Bonchev–Trinajstić information content (AvgIpc) is 2.73. The number of carbonyl (C=O) groups excluding carboxylic acids is 1. The number of amides is 1. The van der Waals surface area contributed by atoms with Gasteiger partial charge >= 0.3 is 59.5 Å². The number of nitrogens with one attached hydrogen (secondary N) is 1. The summed E-state index contributed by atoms with van der Waals surface area (Å²) in [5, 5.41) is 9.90. The van der Waals surface area contributed by atoms with Crippen molar-refractivity contribution in [3.8, 4) is 0 Å². The van der Waals surface area contributed by atoms with Crippen LogP contribution >= 0.6 is 0 Å². The highest BCUT2D eigenvalue weighted by molar-refractivity contribution is 5.84. The molecule has 0 aromatic rings. The zero-order chi connectivity index (χ0) is 33.9. The topological polar surface area (TPSA) is 49.3 Å². The Morgan fingerprint density at radius 1 is 0.537 bits per heavy atom. The maximum absolute atomic E-state index is 13.8. The lowest BCUT2D eigenvalue weighted by Gasteiger charge is -2.44. The largest absolute Gasteiger partial charge is 0.460 e. The Labute approximate surface area is 212 Å². The van der Waals surface area contributed by atoms with Crippen LogP contribution in [0.4, 0.5) is 92.2 Å². The molecule has 0 rings (SSSR count). The quantitative estimate of drug-likeness (QED) is 0.106. The minimum absolute atomic E-state index is 0.538. The molecular weight excluding hydrogens is 651 g/mol. The van der Waals surface area contributed by atoms with Crippen molar-refractivity contribution in [3.63, 3.8) is 0 Å². The van der Waals surface area contributed by atoms with Crippen molar-refractivity contribution in [2.45, 2.75) is 65.9 Å². The van der Waals surface area contributed by atoms with Gasteiger partial charge in [-0.25, -0.2) is 5.21 Å². The standard InChI is InChI=1S/C16H13F21N2O2/c1-39(2,41)5-3-4-38-6(40)7(17,18)8(19,20)9(21,22)10(23,24)11(25,26)12(27,28)13(29,30)14(31,32)15(33,34)16(35,36)37/h41H,3-5H2,1-2H3/p+1. The van der Waals surface area contributed by atoms with Crippen molar-refractivity contribution in [3.05, 3.63) is 0 Å². The van der Waals surface area contributed by atoms with Gasteiger partial charge in [0.25, 0.3) is 5.91 Å². The molecule has 25 heteroatoms. The van der Waals surface area contributed by atoms with E-state index in [0.29, 0.717) is 5.32 Å². The van der Waals surface area contributed by atoms with Crippen LogP contribution in [0.1, 0.15) is 6.42 Å². The first-order chi connectivity index (χ1) is 17.4. The summed E-state index contributed by atoms with van der Waals surface area (Å²) in [7, 11) is 1.96. The van der Waals surface area contributed by atoms with Gasteiger partial charge in [0.15, 0.2) is 0 Å². The molecule has 0 unspecified atom stereocenters. The van der Waals surface area contributed by atoms with Crippen LogP contribution in [0.15, 0.2) is 0 Å². The summed E-state index contributed by atoms with van der Waals surface area (Å²) in [5.74, 6) is -82.5. The van der Waals surface area contributed by atoms with Gasteiger partial charge in [0, 0.05) is 13.0 Å². The monoisotopic (exact) mass is 665 g/mol. The zero-order valence-electron chi connectivity index (χ0n) is 19.4. The second-order valence-corrected chi connectivity index (χ2v) is 8.62. The molecule has 41 heavy (non-hydrogen) atoms. The number of hydrogen-bond acceptors (Lipinski definition) is 2. The molecule has 0 aromatic carbocycles. The molecule has 2 N–H and O–H groups in total. The first kappa shape index (κ1) is 38.9. The van der Waals surface area contributed by atoms with Crippen LogP contribution in [0.5, 0.6) is 0 Å². The molecule has 0 saturated carbocycles. The summed E-state index contributed by atoms with van der Waals surface area (Å²) in [6.45, 7) is -1.83. The fraction of sp³-hybridized carbons (Fsp3) is 0.938. The maximum Gasteiger partial charge on any atom is 0.460 e. The average molecular weight is 665 g/mol. The Morgan fingerprint density at radius 3 is 1.07 bits per heavy atom. The molecule has 0 aliphatic heterocycles. The van der Waals surface area contributed by atoms with Crippen LogP contribution < -0.4 is 5.32 Å².